The van der Waals surface area contributed by atoms with Gasteiger partial charge in [0.05, 0.1) is 12.0 Å². The number of halogens is 3. The molecule has 1 rings (SSSR count). The van der Waals surface area contributed by atoms with Gasteiger partial charge < -0.3 is 4.74 Å². The van der Waals surface area contributed by atoms with Gasteiger partial charge in [-0.2, -0.15) is 8.78 Å². The number of nitrogens with zero attached hydrogens (tertiary/aromatic N) is 1. The van der Waals surface area contributed by atoms with Gasteiger partial charge in [-0.05, 0) is 0 Å². The third-order valence-corrected chi connectivity index (χ3v) is 1.50. The Hall–Kier alpha value is -1.79. The Morgan fingerprint density at radius 2 is 1.93 bits per heavy atom. The number of hydrogen-bond acceptors (Lipinski definition) is 3. The Kier molecular flexibility index (Phi) is 2.59. The van der Waals surface area contributed by atoms with Crippen LogP contribution in [0.4, 0.5) is 18.9 Å². The van der Waals surface area contributed by atoms with Crippen molar-refractivity contribution >= 4 is 5.69 Å². The average Bonchev–Trinajstić information content (AvgIpc) is 2.11. The maximum atomic E-state index is 13.0. The molecule has 1 aromatic carbocycles. The van der Waals surface area contributed by atoms with E-state index in [4.69, 9.17) is 0 Å². The second-order valence-corrected chi connectivity index (χ2v) is 2.29. The second kappa shape index (κ2) is 3.52. The molecule has 0 aliphatic rings. The van der Waals surface area contributed by atoms with E-state index in [9.17, 15) is 23.3 Å². The highest BCUT2D eigenvalue weighted by atomic mass is 19.2. The summed E-state index contributed by atoms with van der Waals surface area (Å²) in [5.41, 5.74) is -1.55. The zero-order chi connectivity index (χ0) is 10.9. The lowest BCUT2D eigenvalue weighted by atomic mass is 10.2. The van der Waals surface area contributed by atoms with E-state index in [2.05, 4.69) is 4.74 Å². The smallest absolute Gasteiger partial charge is 0.347 e. The van der Waals surface area contributed by atoms with E-state index in [-0.39, 0.29) is 0 Å². The van der Waals surface area contributed by atoms with Crippen molar-refractivity contribution in [2.24, 2.45) is 0 Å². The highest BCUT2D eigenvalue weighted by molar-refractivity contribution is 5.42. The van der Waals surface area contributed by atoms with Crippen LogP contribution in [-0.4, -0.2) is 12.0 Å². The van der Waals surface area contributed by atoms with E-state index < -0.39 is 33.8 Å². The van der Waals surface area contributed by atoms with Crippen molar-refractivity contribution in [1.82, 2.24) is 0 Å². The SMILES string of the molecule is COc1cc(F)c(F)c([N+](=O)[O-])c1F. The predicted octanol–water partition coefficient (Wildman–Crippen LogP) is 2.02. The number of hydrogen-bond donors (Lipinski definition) is 0. The molecule has 7 heteroatoms. The van der Waals surface area contributed by atoms with E-state index >= 15 is 0 Å². The summed E-state index contributed by atoms with van der Waals surface area (Å²) >= 11 is 0. The monoisotopic (exact) mass is 207 g/mol. The largest absolute Gasteiger partial charge is 0.493 e. The van der Waals surface area contributed by atoms with Crippen molar-refractivity contribution in [3.63, 3.8) is 0 Å². The van der Waals surface area contributed by atoms with Crippen LogP contribution < -0.4 is 4.74 Å². The molecule has 0 aliphatic carbocycles. The summed E-state index contributed by atoms with van der Waals surface area (Å²) in [5.74, 6) is -5.62. The quantitative estimate of drug-likeness (QED) is 0.423. The number of methoxy groups -OCH3 is 1. The highest BCUT2D eigenvalue weighted by Gasteiger charge is 2.28. The first-order valence-electron chi connectivity index (χ1n) is 3.35. The van der Waals surface area contributed by atoms with E-state index in [1.165, 1.54) is 0 Å². The van der Waals surface area contributed by atoms with Crippen LogP contribution in [0.2, 0.25) is 0 Å². The molecule has 0 aromatic heterocycles. The lowest BCUT2D eigenvalue weighted by Gasteiger charge is -2.03. The average molecular weight is 207 g/mol. The minimum absolute atomic E-state index is 0.400. The van der Waals surface area contributed by atoms with Gasteiger partial charge in [0.2, 0.25) is 11.6 Å². The zero-order valence-electron chi connectivity index (χ0n) is 6.88. The van der Waals surface area contributed by atoms with Gasteiger partial charge in [-0.1, -0.05) is 0 Å². The predicted molar refractivity (Wildman–Crippen MR) is 39.5 cm³/mol. The lowest BCUT2D eigenvalue weighted by Crippen LogP contribution is -2.02. The molecule has 0 unspecified atom stereocenters. The molecule has 76 valence electrons. The molecule has 1 aromatic rings. The normalized spacial score (nSPS) is 10.0. The first-order valence-corrected chi connectivity index (χ1v) is 3.35. The highest BCUT2D eigenvalue weighted by Crippen LogP contribution is 2.30. The first-order chi connectivity index (χ1) is 6.49. The molecule has 0 amide bonds. The standard InChI is InChI=1S/C7H4F3NO3/c1-14-4-2-3(8)5(9)7(6(4)10)11(12)13/h2H,1H3. The fraction of sp³-hybridized carbons (Fsp3) is 0.143. The van der Waals surface area contributed by atoms with E-state index in [0.717, 1.165) is 7.11 Å². The molecule has 0 bridgehead atoms. The molecule has 4 nitrogen and oxygen atoms in total. The van der Waals surface area contributed by atoms with Gasteiger partial charge in [-0.3, -0.25) is 10.1 Å². The number of nitro benzene ring substituents is 1. The van der Waals surface area contributed by atoms with Crippen LogP contribution in [0, 0.1) is 27.6 Å². The van der Waals surface area contributed by atoms with Crippen molar-refractivity contribution in [2.75, 3.05) is 7.11 Å². The summed E-state index contributed by atoms with van der Waals surface area (Å²) in [5, 5.41) is 10.2. The van der Waals surface area contributed by atoms with Gasteiger partial charge in [0.1, 0.15) is 0 Å². The van der Waals surface area contributed by atoms with E-state index in [1.54, 1.807) is 0 Å². The molecule has 0 N–H and O–H groups in total. The maximum absolute atomic E-state index is 13.0. The van der Waals surface area contributed by atoms with E-state index in [0.29, 0.717) is 6.07 Å². The lowest BCUT2D eigenvalue weighted by molar-refractivity contribution is -0.390. The van der Waals surface area contributed by atoms with E-state index in [1.807, 2.05) is 0 Å². The van der Waals surface area contributed by atoms with Crippen LogP contribution in [0.1, 0.15) is 0 Å². The Balaban J connectivity index is 3.53. The summed E-state index contributed by atoms with van der Waals surface area (Å²) in [6.45, 7) is 0. The third-order valence-electron chi connectivity index (χ3n) is 1.50. The third kappa shape index (κ3) is 1.48. The van der Waals surface area contributed by atoms with Crippen molar-refractivity contribution in [3.8, 4) is 5.75 Å². The van der Waals surface area contributed by atoms with Gasteiger partial charge in [-0.15, -0.1) is 0 Å². The van der Waals surface area contributed by atoms with Crippen LogP contribution in [0.25, 0.3) is 0 Å². The van der Waals surface area contributed by atoms with Crippen molar-refractivity contribution in [2.45, 2.75) is 0 Å². The minimum atomic E-state index is -1.84. The fourth-order valence-corrected chi connectivity index (χ4v) is 0.877. The Bertz CT molecular complexity index is 394. The molecule has 0 fully saturated rings. The zero-order valence-corrected chi connectivity index (χ0v) is 6.88. The molecule has 0 saturated carbocycles. The fourth-order valence-electron chi connectivity index (χ4n) is 0.877. The molecule has 0 saturated heterocycles. The van der Waals surface area contributed by atoms with Crippen LogP contribution >= 0.6 is 0 Å². The van der Waals surface area contributed by atoms with Crippen LogP contribution in [0.15, 0.2) is 6.07 Å². The van der Waals surface area contributed by atoms with Gasteiger partial charge in [0.25, 0.3) is 0 Å². The Labute approximate surface area is 76.1 Å². The molecule has 0 spiro atoms. The van der Waals surface area contributed by atoms with Crippen molar-refractivity contribution < 1.29 is 22.8 Å². The van der Waals surface area contributed by atoms with Gasteiger partial charge in [0.15, 0.2) is 11.6 Å². The topological polar surface area (TPSA) is 52.4 Å². The Morgan fingerprint density at radius 1 is 1.36 bits per heavy atom. The summed E-state index contributed by atoms with van der Waals surface area (Å²) in [6.07, 6.45) is 0. The molecule has 0 heterocycles. The number of ether oxygens (including phenoxy) is 1. The Morgan fingerprint density at radius 3 is 2.36 bits per heavy atom. The number of rotatable bonds is 2. The van der Waals surface area contributed by atoms with Crippen LogP contribution in [-0.2, 0) is 0 Å². The molecule has 0 aliphatic heterocycles. The number of benzene rings is 1. The minimum Gasteiger partial charge on any atom is -0.493 e. The van der Waals surface area contributed by atoms with Crippen molar-refractivity contribution in [3.05, 3.63) is 33.6 Å². The molecule has 0 radical (unpaired) electrons. The summed E-state index contributed by atoms with van der Waals surface area (Å²) < 4.78 is 42.6. The molecular formula is C7H4F3NO3. The van der Waals surface area contributed by atoms with Crippen LogP contribution in [0.3, 0.4) is 0 Å². The summed E-state index contributed by atoms with van der Waals surface area (Å²) in [4.78, 5) is 8.82. The number of nitro groups is 1. The van der Waals surface area contributed by atoms with Gasteiger partial charge in [-0.25, -0.2) is 4.39 Å². The molecule has 14 heavy (non-hydrogen) atoms. The molecular weight excluding hydrogens is 203 g/mol. The van der Waals surface area contributed by atoms with Crippen LogP contribution in [0.5, 0.6) is 5.75 Å². The summed E-state index contributed by atoms with van der Waals surface area (Å²) in [6, 6.07) is 0.400. The maximum Gasteiger partial charge on any atom is 0.347 e. The summed E-state index contributed by atoms with van der Waals surface area (Å²) in [7, 11) is 0.986. The first kappa shape index (κ1) is 10.3. The second-order valence-electron chi connectivity index (χ2n) is 2.29. The molecule has 0 atom stereocenters. The van der Waals surface area contributed by atoms with Gasteiger partial charge >= 0.3 is 5.69 Å². The van der Waals surface area contributed by atoms with Gasteiger partial charge in [0, 0.05) is 6.07 Å². The van der Waals surface area contributed by atoms with Crippen molar-refractivity contribution in [1.29, 1.82) is 0 Å².